The van der Waals surface area contributed by atoms with Crippen molar-refractivity contribution in [3.05, 3.63) is 70.6 Å². The molecule has 124 valence electrons. The van der Waals surface area contributed by atoms with Gasteiger partial charge in [0.1, 0.15) is 5.82 Å². The fourth-order valence-corrected chi connectivity index (χ4v) is 3.54. The number of hydrogen-bond donors (Lipinski definition) is 1. The van der Waals surface area contributed by atoms with Crippen LogP contribution in [0.1, 0.15) is 17.1 Å². The lowest BCUT2D eigenvalue weighted by Crippen LogP contribution is -2.19. The monoisotopic (exact) mass is 348 g/mol. The van der Waals surface area contributed by atoms with E-state index in [0.29, 0.717) is 10.1 Å². The van der Waals surface area contributed by atoms with Crippen LogP contribution in [0.2, 0.25) is 0 Å². The van der Waals surface area contributed by atoms with Gasteiger partial charge in [0.05, 0.1) is 21.8 Å². The lowest BCUT2D eigenvalue weighted by molar-refractivity contribution is -0.115. The Labute approximate surface area is 149 Å². The number of hydrogen-bond acceptors (Lipinski definition) is 4. The first kappa shape index (κ1) is 15.7. The van der Waals surface area contributed by atoms with Gasteiger partial charge in [0.2, 0.25) is 0 Å². The van der Waals surface area contributed by atoms with E-state index in [-0.39, 0.29) is 5.91 Å². The number of fused-ring (bicyclic) bond motifs is 1. The van der Waals surface area contributed by atoms with E-state index in [9.17, 15) is 4.79 Å². The summed E-state index contributed by atoms with van der Waals surface area (Å²) >= 11 is 1.34. The number of thioether (sulfide) groups is 1. The van der Waals surface area contributed by atoms with Crippen molar-refractivity contribution >= 4 is 40.1 Å². The highest BCUT2D eigenvalue weighted by Gasteiger charge is 2.24. The van der Waals surface area contributed by atoms with Gasteiger partial charge in [-0.15, -0.1) is 0 Å². The molecule has 0 aliphatic carbocycles. The van der Waals surface area contributed by atoms with Gasteiger partial charge in [-0.25, -0.2) is 9.98 Å². The number of pyridine rings is 1. The van der Waals surface area contributed by atoms with Crippen LogP contribution in [0.4, 0.5) is 5.69 Å². The first-order valence-electron chi connectivity index (χ1n) is 7.91. The molecule has 1 aliphatic rings. The van der Waals surface area contributed by atoms with Gasteiger partial charge in [-0.05, 0) is 55.4 Å². The molecular formula is C19H16N4OS. The number of benzene rings is 1. The summed E-state index contributed by atoms with van der Waals surface area (Å²) in [5.74, 6) is 0.742. The molecule has 0 saturated carbocycles. The number of rotatable bonds is 2. The van der Waals surface area contributed by atoms with Crippen molar-refractivity contribution in [2.24, 2.45) is 4.99 Å². The van der Waals surface area contributed by atoms with E-state index < -0.39 is 0 Å². The van der Waals surface area contributed by atoms with Crippen molar-refractivity contribution in [3.63, 3.8) is 0 Å². The zero-order valence-electron chi connectivity index (χ0n) is 13.9. The topological polar surface area (TPSA) is 58.8 Å². The molecule has 0 spiro atoms. The Morgan fingerprint density at radius 2 is 1.96 bits per heavy atom. The zero-order chi connectivity index (χ0) is 17.4. The maximum absolute atomic E-state index is 12.3. The van der Waals surface area contributed by atoms with Crippen LogP contribution in [-0.2, 0) is 4.79 Å². The van der Waals surface area contributed by atoms with E-state index in [4.69, 9.17) is 0 Å². The van der Waals surface area contributed by atoms with Crippen LogP contribution < -0.4 is 5.32 Å². The fourth-order valence-electron chi connectivity index (χ4n) is 2.73. The molecule has 0 unspecified atom stereocenters. The van der Waals surface area contributed by atoms with Crippen molar-refractivity contribution < 1.29 is 4.79 Å². The first-order valence-corrected chi connectivity index (χ1v) is 8.72. The molecule has 1 aliphatic heterocycles. The molecule has 0 atom stereocenters. The van der Waals surface area contributed by atoms with Gasteiger partial charge in [0.25, 0.3) is 5.91 Å². The number of para-hydroxylation sites is 1. The van der Waals surface area contributed by atoms with Crippen LogP contribution in [-0.4, -0.2) is 20.5 Å². The molecule has 4 rings (SSSR count). The molecule has 3 aromatic rings. The average molecular weight is 348 g/mol. The molecule has 1 amide bonds. The summed E-state index contributed by atoms with van der Waals surface area (Å²) in [7, 11) is 0. The van der Waals surface area contributed by atoms with Gasteiger partial charge in [-0.1, -0.05) is 24.3 Å². The molecule has 1 fully saturated rings. The maximum atomic E-state index is 12.3. The van der Waals surface area contributed by atoms with E-state index in [1.165, 1.54) is 11.8 Å². The lowest BCUT2D eigenvalue weighted by Gasteiger charge is -1.99. The second kappa shape index (κ2) is 6.22. The Hall–Kier alpha value is -2.86. The number of amides is 1. The number of carbonyl (C=O) groups is 1. The molecule has 5 nitrogen and oxygen atoms in total. The molecule has 1 N–H and O–H groups in total. The third-order valence-electron chi connectivity index (χ3n) is 4.01. The number of imidazole rings is 1. The minimum atomic E-state index is -0.146. The number of nitrogens with zero attached hydrogens (tertiary/aromatic N) is 3. The van der Waals surface area contributed by atoms with Crippen molar-refractivity contribution in [3.8, 4) is 0 Å². The fraction of sp³-hybridized carbons (Fsp3) is 0.105. The number of aromatic nitrogens is 2. The molecule has 6 heteroatoms. The van der Waals surface area contributed by atoms with E-state index in [2.05, 4.69) is 15.3 Å². The predicted molar refractivity (Wildman–Crippen MR) is 102 cm³/mol. The minimum absolute atomic E-state index is 0.146. The SMILES string of the molecule is Cc1ccccc1N=C1NC(=O)/C(=C/c2nc(C)n3ccccc23)S1. The molecule has 0 radical (unpaired) electrons. The highest BCUT2D eigenvalue weighted by molar-refractivity contribution is 8.18. The van der Waals surface area contributed by atoms with Gasteiger partial charge in [-0.3, -0.25) is 4.79 Å². The van der Waals surface area contributed by atoms with Gasteiger partial charge in [-0.2, -0.15) is 0 Å². The Balaban J connectivity index is 1.69. The van der Waals surface area contributed by atoms with Gasteiger partial charge in [0.15, 0.2) is 5.17 Å². The quantitative estimate of drug-likeness (QED) is 0.716. The van der Waals surface area contributed by atoms with Crippen LogP contribution in [0.25, 0.3) is 11.6 Å². The Morgan fingerprint density at radius 1 is 1.16 bits per heavy atom. The van der Waals surface area contributed by atoms with E-state index >= 15 is 0 Å². The second-order valence-corrected chi connectivity index (χ2v) is 6.80. The molecule has 2 aromatic heterocycles. The molecular weight excluding hydrogens is 332 g/mol. The summed E-state index contributed by atoms with van der Waals surface area (Å²) < 4.78 is 2.01. The maximum Gasteiger partial charge on any atom is 0.264 e. The van der Waals surface area contributed by atoms with Crippen LogP contribution in [0.15, 0.2) is 58.6 Å². The third-order valence-corrected chi connectivity index (χ3v) is 4.92. The summed E-state index contributed by atoms with van der Waals surface area (Å²) in [6.45, 7) is 3.94. The van der Waals surface area contributed by atoms with Crippen molar-refractivity contribution in [2.45, 2.75) is 13.8 Å². The smallest absolute Gasteiger partial charge is 0.264 e. The Kier molecular flexibility index (Phi) is 3.89. The number of amidine groups is 1. The van der Waals surface area contributed by atoms with Gasteiger partial charge >= 0.3 is 0 Å². The van der Waals surface area contributed by atoms with E-state index in [1.807, 2.05) is 73.0 Å². The molecule has 25 heavy (non-hydrogen) atoms. The van der Waals surface area contributed by atoms with Gasteiger partial charge < -0.3 is 9.72 Å². The normalized spacial score (nSPS) is 17.6. The largest absolute Gasteiger partial charge is 0.303 e. The Bertz CT molecular complexity index is 1050. The second-order valence-electron chi connectivity index (χ2n) is 5.77. The van der Waals surface area contributed by atoms with Crippen molar-refractivity contribution in [2.75, 3.05) is 0 Å². The molecule has 1 aromatic carbocycles. The predicted octanol–water partition coefficient (Wildman–Crippen LogP) is 3.84. The van der Waals surface area contributed by atoms with Crippen LogP contribution in [0, 0.1) is 13.8 Å². The minimum Gasteiger partial charge on any atom is -0.303 e. The number of aliphatic imine (C=N–C) groups is 1. The molecule has 0 bridgehead atoms. The number of carbonyl (C=O) groups excluding carboxylic acids is 1. The highest BCUT2D eigenvalue weighted by Crippen LogP contribution is 2.29. The van der Waals surface area contributed by atoms with E-state index in [1.54, 1.807) is 0 Å². The standard InChI is InChI=1S/C19H16N4OS/c1-12-7-3-4-8-14(12)21-19-22-18(24)17(25-19)11-15-16-9-5-6-10-23(16)13(2)20-15/h3-11H,1-2H3,(H,21,22,24)/b17-11-. The van der Waals surface area contributed by atoms with Crippen molar-refractivity contribution in [1.82, 2.24) is 14.7 Å². The lowest BCUT2D eigenvalue weighted by atomic mass is 10.2. The van der Waals surface area contributed by atoms with Crippen LogP contribution in [0.5, 0.6) is 0 Å². The summed E-state index contributed by atoms with van der Waals surface area (Å²) in [4.78, 5) is 22.0. The van der Waals surface area contributed by atoms with E-state index in [0.717, 1.165) is 28.3 Å². The van der Waals surface area contributed by atoms with Crippen LogP contribution >= 0.6 is 11.8 Å². The average Bonchev–Trinajstić information content (AvgIpc) is 3.11. The third kappa shape index (κ3) is 2.96. The molecule has 3 heterocycles. The summed E-state index contributed by atoms with van der Waals surface area (Å²) in [5.41, 5.74) is 3.69. The number of aryl methyl sites for hydroxylation is 2. The van der Waals surface area contributed by atoms with Crippen molar-refractivity contribution in [1.29, 1.82) is 0 Å². The summed E-state index contributed by atoms with van der Waals surface area (Å²) in [5, 5.41) is 3.41. The van der Waals surface area contributed by atoms with Gasteiger partial charge in [0, 0.05) is 6.20 Å². The Morgan fingerprint density at radius 3 is 2.80 bits per heavy atom. The zero-order valence-corrected chi connectivity index (χ0v) is 14.7. The molecule has 1 saturated heterocycles. The number of nitrogens with one attached hydrogen (secondary N) is 1. The summed E-state index contributed by atoms with van der Waals surface area (Å²) in [6, 6.07) is 13.8. The summed E-state index contributed by atoms with van der Waals surface area (Å²) in [6.07, 6.45) is 3.79. The first-order chi connectivity index (χ1) is 12.1. The van der Waals surface area contributed by atoms with Crippen LogP contribution in [0.3, 0.4) is 0 Å². The highest BCUT2D eigenvalue weighted by atomic mass is 32.2.